The summed E-state index contributed by atoms with van der Waals surface area (Å²) >= 11 is 0. The number of alkyl halides is 3. The fourth-order valence-electron chi connectivity index (χ4n) is 2.79. The molecule has 0 radical (unpaired) electrons. The maximum Gasteiger partial charge on any atom is 0.417 e. The topological polar surface area (TPSA) is 57.5 Å². The van der Waals surface area contributed by atoms with E-state index < -0.39 is 46.0 Å². The molecule has 0 amide bonds. The molecule has 0 heterocycles. The lowest BCUT2D eigenvalue weighted by molar-refractivity contribution is -0.137. The third-order valence-electron chi connectivity index (χ3n) is 3.84. The van der Waals surface area contributed by atoms with Crippen LogP contribution in [0.15, 0.2) is 48.5 Å². The molecule has 3 aromatic rings. The number of carbonyl (C=O) groups is 1. The first kappa shape index (κ1) is 16.8. The van der Waals surface area contributed by atoms with Crippen LogP contribution in [0.2, 0.25) is 0 Å². The van der Waals surface area contributed by atoms with Crippen LogP contribution in [0.3, 0.4) is 0 Å². The van der Waals surface area contributed by atoms with Crippen LogP contribution in [0.1, 0.15) is 15.9 Å². The van der Waals surface area contributed by atoms with Gasteiger partial charge in [0.15, 0.2) is 0 Å². The van der Waals surface area contributed by atoms with Crippen LogP contribution < -0.4 is 0 Å². The van der Waals surface area contributed by atoms with Gasteiger partial charge in [0.05, 0.1) is 11.1 Å². The molecule has 3 nitrogen and oxygen atoms in total. The zero-order valence-electron chi connectivity index (χ0n) is 12.4. The first-order valence-corrected chi connectivity index (χ1v) is 7.06. The molecule has 0 atom stereocenters. The number of halogens is 4. The quantitative estimate of drug-likeness (QED) is 0.635. The molecule has 0 saturated carbocycles. The van der Waals surface area contributed by atoms with Crippen molar-refractivity contribution in [2.75, 3.05) is 0 Å². The molecule has 2 N–H and O–H groups in total. The van der Waals surface area contributed by atoms with E-state index in [2.05, 4.69) is 0 Å². The normalized spacial score (nSPS) is 11.7. The highest BCUT2D eigenvalue weighted by molar-refractivity contribution is 6.09. The van der Waals surface area contributed by atoms with E-state index in [1.54, 1.807) is 0 Å². The van der Waals surface area contributed by atoms with Gasteiger partial charge in [0.2, 0.25) is 0 Å². The van der Waals surface area contributed by atoms with Crippen molar-refractivity contribution in [2.45, 2.75) is 6.18 Å². The minimum Gasteiger partial charge on any atom is -0.506 e. The Morgan fingerprint density at radius 1 is 0.920 bits per heavy atom. The summed E-state index contributed by atoms with van der Waals surface area (Å²) < 4.78 is 54.7. The molecule has 3 rings (SSSR count). The number of phenols is 1. The number of carboxylic acids is 1. The van der Waals surface area contributed by atoms with Crippen LogP contribution in [-0.2, 0) is 6.18 Å². The van der Waals surface area contributed by atoms with Crippen LogP contribution >= 0.6 is 0 Å². The van der Waals surface area contributed by atoms with Gasteiger partial charge >= 0.3 is 12.1 Å². The van der Waals surface area contributed by atoms with Crippen LogP contribution in [0.4, 0.5) is 17.6 Å². The van der Waals surface area contributed by atoms with Crippen molar-refractivity contribution in [2.24, 2.45) is 0 Å². The number of carboxylic acid groups (broad SMARTS) is 1. The summed E-state index contributed by atoms with van der Waals surface area (Å²) in [6.45, 7) is 0. The second-order valence-electron chi connectivity index (χ2n) is 5.31. The monoisotopic (exact) mass is 350 g/mol. The summed E-state index contributed by atoms with van der Waals surface area (Å²) in [4.78, 5) is 11.5. The minimum absolute atomic E-state index is 0.0989. The van der Waals surface area contributed by atoms with Gasteiger partial charge in [0.25, 0.3) is 0 Å². The minimum atomic E-state index is -4.80. The largest absolute Gasteiger partial charge is 0.506 e. The van der Waals surface area contributed by atoms with Gasteiger partial charge in [-0.25, -0.2) is 9.18 Å². The molecule has 0 aromatic heterocycles. The Bertz CT molecular complexity index is 994. The lowest BCUT2D eigenvalue weighted by Crippen LogP contribution is -2.09. The highest BCUT2D eigenvalue weighted by Gasteiger charge is 2.36. The average Bonchev–Trinajstić information content (AvgIpc) is 2.54. The molecule has 0 aliphatic heterocycles. The third-order valence-corrected chi connectivity index (χ3v) is 3.84. The summed E-state index contributed by atoms with van der Waals surface area (Å²) in [5.41, 5.74) is -3.23. The van der Waals surface area contributed by atoms with Crippen molar-refractivity contribution in [3.63, 3.8) is 0 Å². The van der Waals surface area contributed by atoms with Crippen molar-refractivity contribution in [3.05, 3.63) is 65.5 Å². The maximum atomic E-state index is 14.9. The highest BCUT2D eigenvalue weighted by atomic mass is 19.4. The fraction of sp³-hybridized carbons (Fsp3) is 0.0556. The first-order valence-electron chi connectivity index (χ1n) is 7.06. The van der Waals surface area contributed by atoms with Gasteiger partial charge in [0, 0.05) is 16.3 Å². The number of hydrogen-bond acceptors (Lipinski definition) is 2. The summed E-state index contributed by atoms with van der Waals surface area (Å²) in [5, 5.41) is 19.4. The van der Waals surface area contributed by atoms with Gasteiger partial charge in [-0.2, -0.15) is 13.2 Å². The van der Waals surface area contributed by atoms with Gasteiger partial charge in [-0.1, -0.05) is 42.5 Å². The molecule has 3 aromatic carbocycles. The Morgan fingerprint density at radius 2 is 1.48 bits per heavy atom. The number of aromatic hydroxyl groups is 1. The Balaban J connectivity index is 2.50. The van der Waals surface area contributed by atoms with Crippen LogP contribution in [0.25, 0.3) is 21.9 Å². The van der Waals surface area contributed by atoms with Gasteiger partial charge in [-0.15, -0.1) is 0 Å². The highest BCUT2D eigenvalue weighted by Crippen LogP contribution is 2.45. The zero-order chi connectivity index (χ0) is 18.4. The van der Waals surface area contributed by atoms with E-state index in [1.807, 2.05) is 0 Å². The number of rotatable bonds is 2. The van der Waals surface area contributed by atoms with E-state index in [4.69, 9.17) is 0 Å². The van der Waals surface area contributed by atoms with Crippen molar-refractivity contribution in [3.8, 4) is 16.9 Å². The van der Waals surface area contributed by atoms with E-state index >= 15 is 0 Å². The van der Waals surface area contributed by atoms with Gasteiger partial charge in [-0.3, -0.25) is 0 Å². The molecule has 0 saturated heterocycles. The second-order valence-corrected chi connectivity index (χ2v) is 5.31. The molecule has 0 bridgehead atoms. The third kappa shape index (κ3) is 2.67. The molecule has 0 aliphatic carbocycles. The molecular formula is C18H10F4O3. The average molecular weight is 350 g/mol. The van der Waals surface area contributed by atoms with Gasteiger partial charge in [0.1, 0.15) is 17.1 Å². The molecule has 7 heteroatoms. The van der Waals surface area contributed by atoms with E-state index in [9.17, 15) is 32.6 Å². The van der Waals surface area contributed by atoms with E-state index in [-0.39, 0.29) is 10.8 Å². The molecule has 0 spiro atoms. The van der Waals surface area contributed by atoms with E-state index in [0.29, 0.717) is 0 Å². The summed E-state index contributed by atoms with van der Waals surface area (Å²) in [6, 6.07) is 9.49. The standard InChI is InChI=1S/C18H10F4O3/c19-15-10-6-2-1-5-9(10)14(17(24)25)16(23)13(15)11-7-3-4-8-12(11)18(20,21)22/h1-8,23H,(H,24,25). The van der Waals surface area contributed by atoms with E-state index in [1.165, 1.54) is 30.3 Å². The van der Waals surface area contributed by atoms with Crippen molar-refractivity contribution >= 4 is 16.7 Å². The Kier molecular flexibility index (Phi) is 3.87. The first-order chi connectivity index (χ1) is 11.7. The Labute approximate surface area is 138 Å². The fourth-order valence-corrected chi connectivity index (χ4v) is 2.79. The summed E-state index contributed by atoms with van der Waals surface area (Å²) in [7, 11) is 0. The maximum absolute atomic E-state index is 14.9. The van der Waals surface area contributed by atoms with Crippen molar-refractivity contribution in [1.29, 1.82) is 0 Å². The molecule has 128 valence electrons. The van der Waals surface area contributed by atoms with Gasteiger partial charge < -0.3 is 10.2 Å². The molecular weight excluding hydrogens is 340 g/mol. The lowest BCUT2D eigenvalue weighted by atomic mass is 9.92. The lowest BCUT2D eigenvalue weighted by Gasteiger charge is -2.17. The molecule has 0 fully saturated rings. The predicted octanol–water partition coefficient (Wildman–Crippen LogP) is 5.07. The summed E-state index contributed by atoms with van der Waals surface area (Å²) in [5.74, 6) is -3.73. The van der Waals surface area contributed by atoms with Crippen LogP contribution in [0, 0.1) is 5.82 Å². The zero-order valence-corrected chi connectivity index (χ0v) is 12.4. The molecule has 0 aliphatic rings. The van der Waals surface area contributed by atoms with Crippen LogP contribution in [-0.4, -0.2) is 16.2 Å². The Morgan fingerprint density at radius 3 is 2.08 bits per heavy atom. The number of fused-ring (bicyclic) bond motifs is 1. The SMILES string of the molecule is O=C(O)c1c(O)c(-c2ccccc2C(F)(F)F)c(F)c2ccccc12. The summed E-state index contributed by atoms with van der Waals surface area (Å²) in [6.07, 6.45) is -4.80. The Hall–Kier alpha value is -3.09. The predicted molar refractivity (Wildman–Crippen MR) is 83.0 cm³/mol. The van der Waals surface area contributed by atoms with Gasteiger partial charge in [-0.05, 0) is 6.07 Å². The molecule has 25 heavy (non-hydrogen) atoms. The number of aromatic carboxylic acids is 1. The second kappa shape index (κ2) is 5.77. The smallest absolute Gasteiger partial charge is 0.417 e. The molecule has 0 unspecified atom stereocenters. The van der Waals surface area contributed by atoms with Crippen molar-refractivity contribution in [1.82, 2.24) is 0 Å². The number of benzene rings is 3. The number of hydrogen-bond donors (Lipinski definition) is 2. The van der Waals surface area contributed by atoms with Crippen molar-refractivity contribution < 1.29 is 32.6 Å². The van der Waals surface area contributed by atoms with Crippen LogP contribution in [0.5, 0.6) is 5.75 Å². The van der Waals surface area contributed by atoms with E-state index in [0.717, 1.165) is 18.2 Å².